The predicted molar refractivity (Wildman–Crippen MR) is 75.4 cm³/mol. The van der Waals surface area contributed by atoms with Gasteiger partial charge in [0.05, 0.1) is 18.0 Å². The molecule has 0 fully saturated rings. The van der Waals surface area contributed by atoms with Crippen LogP contribution in [0.5, 0.6) is 0 Å². The molecule has 18 heavy (non-hydrogen) atoms. The summed E-state index contributed by atoms with van der Waals surface area (Å²) in [5.74, 6) is 0. The second-order valence-electron chi connectivity index (χ2n) is 5.59. The third-order valence-corrected chi connectivity index (χ3v) is 4.33. The predicted octanol–water partition coefficient (Wildman–Crippen LogP) is 3.25. The molecule has 0 spiro atoms. The van der Waals surface area contributed by atoms with E-state index in [4.69, 9.17) is 4.99 Å². The quantitative estimate of drug-likeness (QED) is 0.677. The van der Waals surface area contributed by atoms with Crippen molar-refractivity contribution in [2.45, 2.75) is 32.6 Å². The zero-order chi connectivity index (χ0) is 12.1. The van der Waals surface area contributed by atoms with E-state index in [1.54, 1.807) is 5.57 Å². The highest BCUT2D eigenvalue weighted by Crippen LogP contribution is 2.40. The van der Waals surface area contributed by atoms with Crippen molar-refractivity contribution in [2.24, 2.45) is 4.99 Å². The summed E-state index contributed by atoms with van der Waals surface area (Å²) in [5, 5.41) is 0. The number of fused-ring (bicyclic) bond motifs is 2. The Balaban J connectivity index is 1.90. The van der Waals surface area contributed by atoms with Crippen molar-refractivity contribution in [2.75, 3.05) is 18.0 Å². The van der Waals surface area contributed by atoms with Crippen molar-refractivity contribution in [3.8, 4) is 0 Å². The van der Waals surface area contributed by atoms with E-state index in [9.17, 15) is 0 Å². The van der Waals surface area contributed by atoms with E-state index in [1.807, 2.05) is 0 Å². The van der Waals surface area contributed by atoms with Crippen molar-refractivity contribution in [3.63, 3.8) is 0 Å². The second-order valence-corrected chi connectivity index (χ2v) is 5.59. The van der Waals surface area contributed by atoms with E-state index in [-0.39, 0.29) is 0 Å². The molecule has 1 aliphatic carbocycles. The van der Waals surface area contributed by atoms with Gasteiger partial charge < -0.3 is 4.90 Å². The van der Waals surface area contributed by atoms with Gasteiger partial charge in [-0.05, 0) is 49.8 Å². The Morgan fingerprint density at radius 2 is 2.17 bits per heavy atom. The van der Waals surface area contributed by atoms with E-state index >= 15 is 0 Å². The molecule has 2 aliphatic heterocycles. The smallest absolute Gasteiger partial charge is 0.0620 e. The molecule has 2 nitrogen and oxygen atoms in total. The van der Waals surface area contributed by atoms with E-state index in [2.05, 4.69) is 30.0 Å². The molecule has 0 saturated carbocycles. The molecule has 2 heterocycles. The van der Waals surface area contributed by atoms with Crippen molar-refractivity contribution < 1.29 is 0 Å². The van der Waals surface area contributed by atoms with Gasteiger partial charge in [0, 0.05) is 12.2 Å². The van der Waals surface area contributed by atoms with E-state index in [1.165, 1.54) is 47.5 Å². The molecule has 1 aromatic rings. The number of rotatable bonds is 0. The fourth-order valence-corrected chi connectivity index (χ4v) is 3.57. The van der Waals surface area contributed by atoms with Gasteiger partial charge in [-0.15, -0.1) is 0 Å². The summed E-state index contributed by atoms with van der Waals surface area (Å²) < 4.78 is 0. The standard InChI is InChI=1S/C16H18N2/c1-11-5-6-15-13(9-11)10-12-3-2-4-14-16(12)18(15)8-7-17-14/h5-6,9H,2-4,7-8,10H2,1H3. The summed E-state index contributed by atoms with van der Waals surface area (Å²) >= 11 is 0. The van der Waals surface area contributed by atoms with Crippen LogP contribution in [0.25, 0.3) is 0 Å². The SMILES string of the molecule is Cc1ccc2c(c1)CC1=C3C(=NCCN32)CCC1. The first kappa shape index (κ1) is 10.4. The van der Waals surface area contributed by atoms with Gasteiger partial charge in [0.15, 0.2) is 0 Å². The number of allylic oxidation sites excluding steroid dienone is 2. The molecule has 0 radical (unpaired) electrons. The van der Waals surface area contributed by atoms with Crippen LogP contribution in [0.15, 0.2) is 34.5 Å². The van der Waals surface area contributed by atoms with Gasteiger partial charge in [-0.2, -0.15) is 0 Å². The van der Waals surface area contributed by atoms with Crippen LogP contribution in [0.2, 0.25) is 0 Å². The molecule has 0 aromatic heterocycles. The van der Waals surface area contributed by atoms with Crippen LogP contribution in [0, 0.1) is 6.92 Å². The Morgan fingerprint density at radius 1 is 1.22 bits per heavy atom. The minimum absolute atomic E-state index is 0.958. The van der Waals surface area contributed by atoms with Gasteiger partial charge in [-0.25, -0.2) is 0 Å². The van der Waals surface area contributed by atoms with Crippen molar-refractivity contribution in [1.29, 1.82) is 0 Å². The minimum Gasteiger partial charge on any atom is -0.338 e. The average Bonchev–Trinajstić information content (AvgIpc) is 2.39. The van der Waals surface area contributed by atoms with Gasteiger partial charge in [-0.3, -0.25) is 4.99 Å². The topological polar surface area (TPSA) is 15.6 Å². The molecule has 3 aliphatic rings. The summed E-state index contributed by atoms with van der Waals surface area (Å²) in [7, 11) is 0. The van der Waals surface area contributed by atoms with Crippen LogP contribution in [-0.2, 0) is 6.42 Å². The maximum atomic E-state index is 4.74. The van der Waals surface area contributed by atoms with Crippen molar-refractivity contribution in [1.82, 2.24) is 0 Å². The van der Waals surface area contributed by atoms with Crippen LogP contribution >= 0.6 is 0 Å². The van der Waals surface area contributed by atoms with Gasteiger partial charge >= 0.3 is 0 Å². The lowest BCUT2D eigenvalue weighted by Crippen LogP contribution is -2.39. The second kappa shape index (κ2) is 3.71. The van der Waals surface area contributed by atoms with Crippen LogP contribution in [0.3, 0.4) is 0 Å². The molecular formula is C16H18N2. The molecule has 2 heteroatoms. The monoisotopic (exact) mass is 238 g/mol. The van der Waals surface area contributed by atoms with Crippen molar-refractivity contribution in [3.05, 3.63) is 40.6 Å². The number of hydrogen-bond donors (Lipinski definition) is 0. The molecule has 0 saturated heterocycles. The minimum atomic E-state index is 0.958. The van der Waals surface area contributed by atoms with Crippen LogP contribution < -0.4 is 4.90 Å². The Hall–Kier alpha value is -1.57. The molecule has 92 valence electrons. The zero-order valence-electron chi connectivity index (χ0n) is 10.9. The summed E-state index contributed by atoms with van der Waals surface area (Å²) in [6.07, 6.45) is 4.86. The van der Waals surface area contributed by atoms with Gasteiger partial charge in [0.1, 0.15) is 0 Å². The first-order chi connectivity index (χ1) is 8.83. The van der Waals surface area contributed by atoms with Crippen molar-refractivity contribution >= 4 is 11.4 Å². The Morgan fingerprint density at radius 3 is 3.11 bits per heavy atom. The van der Waals surface area contributed by atoms with Gasteiger partial charge in [0.2, 0.25) is 0 Å². The molecular weight excluding hydrogens is 220 g/mol. The summed E-state index contributed by atoms with van der Waals surface area (Å²) in [5.41, 5.74) is 8.78. The fourth-order valence-electron chi connectivity index (χ4n) is 3.57. The number of benzene rings is 1. The Bertz CT molecular complexity index is 581. The first-order valence-corrected chi connectivity index (χ1v) is 6.96. The lowest BCUT2D eigenvalue weighted by molar-refractivity contribution is 0.727. The third-order valence-electron chi connectivity index (χ3n) is 4.33. The van der Waals surface area contributed by atoms with Crippen LogP contribution in [-0.4, -0.2) is 18.8 Å². The maximum Gasteiger partial charge on any atom is 0.0620 e. The number of aliphatic imine (C=N–C) groups is 1. The number of hydrogen-bond acceptors (Lipinski definition) is 2. The first-order valence-electron chi connectivity index (χ1n) is 6.96. The normalized spacial score (nSPS) is 21.4. The number of aryl methyl sites for hydroxylation is 1. The largest absolute Gasteiger partial charge is 0.338 e. The average molecular weight is 238 g/mol. The molecule has 0 N–H and O–H groups in total. The molecule has 4 rings (SSSR count). The highest BCUT2D eigenvalue weighted by Gasteiger charge is 2.31. The highest BCUT2D eigenvalue weighted by atomic mass is 15.2. The van der Waals surface area contributed by atoms with E-state index in [0.29, 0.717) is 0 Å². The molecule has 0 atom stereocenters. The Labute approximate surface area is 108 Å². The summed E-state index contributed by atoms with van der Waals surface area (Å²) in [4.78, 5) is 7.26. The molecule has 0 amide bonds. The molecule has 0 unspecified atom stereocenters. The lowest BCUT2D eigenvalue weighted by Gasteiger charge is -2.40. The summed E-state index contributed by atoms with van der Waals surface area (Å²) in [6, 6.07) is 6.89. The van der Waals surface area contributed by atoms with Gasteiger partial charge in [-0.1, -0.05) is 17.7 Å². The lowest BCUT2D eigenvalue weighted by atomic mass is 9.84. The zero-order valence-corrected chi connectivity index (χ0v) is 10.9. The molecule has 1 aromatic carbocycles. The highest BCUT2D eigenvalue weighted by molar-refractivity contribution is 6.06. The number of anilines is 1. The van der Waals surface area contributed by atoms with Gasteiger partial charge in [0.25, 0.3) is 0 Å². The number of nitrogens with zero attached hydrogens (tertiary/aromatic N) is 2. The maximum absolute atomic E-state index is 4.74. The Kier molecular flexibility index (Phi) is 2.14. The third kappa shape index (κ3) is 1.38. The summed E-state index contributed by atoms with van der Waals surface area (Å²) in [6.45, 7) is 4.20. The molecule has 0 bridgehead atoms. The fraction of sp³-hybridized carbons (Fsp3) is 0.438. The van der Waals surface area contributed by atoms with Crippen LogP contribution in [0.1, 0.15) is 30.4 Å². The van der Waals surface area contributed by atoms with E-state index < -0.39 is 0 Å². The van der Waals surface area contributed by atoms with E-state index in [0.717, 1.165) is 19.5 Å². The van der Waals surface area contributed by atoms with Crippen LogP contribution in [0.4, 0.5) is 5.69 Å².